The van der Waals surface area contributed by atoms with Crippen molar-refractivity contribution in [2.24, 2.45) is 0 Å². The Labute approximate surface area is 84.9 Å². The molecule has 2 atom stereocenters. The zero-order valence-corrected chi connectivity index (χ0v) is 8.62. The lowest BCUT2D eigenvalue weighted by Crippen LogP contribution is -2.27. The molecule has 78 valence electrons. The number of aromatic nitrogens is 1. The SMILES string of the molecule is CC(OCC1CCCN1)c1ccc[nH]1. The van der Waals surface area contributed by atoms with Crippen LogP contribution in [-0.4, -0.2) is 24.2 Å². The average Bonchev–Trinajstić information content (AvgIpc) is 2.87. The summed E-state index contributed by atoms with van der Waals surface area (Å²) >= 11 is 0. The predicted octanol–water partition coefficient (Wildman–Crippen LogP) is 1.84. The van der Waals surface area contributed by atoms with E-state index in [1.165, 1.54) is 12.8 Å². The van der Waals surface area contributed by atoms with E-state index in [1.807, 2.05) is 12.3 Å². The molecule has 1 aromatic heterocycles. The molecular formula is C11H18N2O. The minimum atomic E-state index is 0.174. The van der Waals surface area contributed by atoms with Crippen molar-refractivity contribution in [2.45, 2.75) is 31.9 Å². The number of hydrogen-bond acceptors (Lipinski definition) is 2. The molecule has 1 aliphatic heterocycles. The molecule has 1 aromatic rings. The highest BCUT2D eigenvalue weighted by molar-refractivity contribution is 5.06. The van der Waals surface area contributed by atoms with Crippen molar-refractivity contribution in [1.82, 2.24) is 10.3 Å². The highest BCUT2D eigenvalue weighted by Gasteiger charge is 2.15. The van der Waals surface area contributed by atoms with Crippen LogP contribution in [0.1, 0.15) is 31.6 Å². The molecule has 2 unspecified atom stereocenters. The Kier molecular flexibility index (Phi) is 3.22. The summed E-state index contributed by atoms with van der Waals surface area (Å²) in [6, 6.07) is 4.63. The van der Waals surface area contributed by atoms with Crippen LogP contribution in [0.2, 0.25) is 0 Å². The van der Waals surface area contributed by atoms with Crippen LogP contribution in [0.5, 0.6) is 0 Å². The normalized spacial score (nSPS) is 23.9. The van der Waals surface area contributed by atoms with Gasteiger partial charge in [0.15, 0.2) is 0 Å². The highest BCUT2D eigenvalue weighted by atomic mass is 16.5. The third-order valence-electron chi connectivity index (χ3n) is 2.77. The van der Waals surface area contributed by atoms with E-state index in [2.05, 4.69) is 23.3 Å². The summed E-state index contributed by atoms with van der Waals surface area (Å²) in [5.41, 5.74) is 1.16. The van der Waals surface area contributed by atoms with Gasteiger partial charge >= 0.3 is 0 Å². The van der Waals surface area contributed by atoms with Crippen molar-refractivity contribution in [2.75, 3.05) is 13.2 Å². The zero-order valence-electron chi connectivity index (χ0n) is 8.62. The zero-order chi connectivity index (χ0) is 9.80. The molecule has 0 saturated carbocycles. The fourth-order valence-corrected chi connectivity index (χ4v) is 1.85. The van der Waals surface area contributed by atoms with E-state index in [4.69, 9.17) is 4.74 Å². The molecule has 1 saturated heterocycles. The van der Waals surface area contributed by atoms with Gasteiger partial charge in [-0.25, -0.2) is 0 Å². The quantitative estimate of drug-likeness (QED) is 0.767. The number of H-pyrrole nitrogens is 1. The fourth-order valence-electron chi connectivity index (χ4n) is 1.85. The number of nitrogens with one attached hydrogen (secondary N) is 2. The molecule has 0 aromatic carbocycles. The third-order valence-corrected chi connectivity index (χ3v) is 2.77. The largest absolute Gasteiger partial charge is 0.371 e. The molecular weight excluding hydrogens is 176 g/mol. The number of hydrogen-bond donors (Lipinski definition) is 2. The molecule has 0 aliphatic carbocycles. The lowest BCUT2D eigenvalue weighted by Gasteiger charge is -2.15. The highest BCUT2D eigenvalue weighted by Crippen LogP contribution is 2.15. The van der Waals surface area contributed by atoms with Gasteiger partial charge in [0, 0.05) is 17.9 Å². The smallest absolute Gasteiger partial charge is 0.0945 e. The summed E-state index contributed by atoms with van der Waals surface area (Å²) in [5, 5.41) is 3.42. The van der Waals surface area contributed by atoms with E-state index in [0.29, 0.717) is 6.04 Å². The van der Waals surface area contributed by atoms with E-state index in [9.17, 15) is 0 Å². The van der Waals surface area contributed by atoms with Crippen LogP contribution < -0.4 is 5.32 Å². The van der Waals surface area contributed by atoms with Crippen LogP contribution in [0, 0.1) is 0 Å². The third kappa shape index (κ3) is 2.36. The van der Waals surface area contributed by atoms with E-state index in [1.54, 1.807) is 0 Å². The van der Waals surface area contributed by atoms with Gasteiger partial charge in [0.25, 0.3) is 0 Å². The maximum Gasteiger partial charge on any atom is 0.0945 e. The Bertz CT molecular complexity index is 252. The predicted molar refractivity (Wildman–Crippen MR) is 56.2 cm³/mol. The van der Waals surface area contributed by atoms with E-state index in [0.717, 1.165) is 18.8 Å². The minimum Gasteiger partial charge on any atom is -0.371 e. The first-order chi connectivity index (χ1) is 6.86. The van der Waals surface area contributed by atoms with Crippen molar-refractivity contribution in [3.63, 3.8) is 0 Å². The summed E-state index contributed by atoms with van der Waals surface area (Å²) in [7, 11) is 0. The molecule has 1 aliphatic rings. The molecule has 0 radical (unpaired) electrons. The first-order valence-electron chi connectivity index (χ1n) is 5.34. The van der Waals surface area contributed by atoms with Crippen molar-refractivity contribution in [1.29, 1.82) is 0 Å². The van der Waals surface area contributed by atoms with Gasteiger partial charge in [-0.1, -0.05) is 0 Å². The second-order valence-electron chi connectivity index (χ2n) is 3.89. The van der Waals surface area contributed by atoms with Crippen LogP contribution in [0.3, 0.4) is 0 Å². The summed E-state index contributed by atoms with van der Waals surface area (Å²) in [4.78, 5) is 3.17. The molecule has 3 heteroatoms. The second kappa shape index (κ2) is 4.62. The molecule has 0 bridgehead atoms. The van der Waals surface area contributed by atoms with Gasteiger partial charge in [0.1, 0.15) is 0 Å². The molecule has 2 rings (SSSR count). The fraction of sp³-hybridized carbons (Fsp3) is 0.636. The van der Waals surface area contributed by atoms with Crippen LogP contribution in [0.25, 0.3) is 0 Å². The Morgan fingerprint density at radius 3 is 3.21 bits per heavy atom. The van der Waals surface area contributed by atoms with Crippen LogP contribution in [-0.2, 0) is 4.74 Å². The van der Waals surface area contributed by atoms with Gasteiger partial charge < -0.3 is 15.0 Å². The van der Waals surface area contributed by atoms with Crippen molar-refractivity contribution < 1.29 is 4.74 Å². The van der Waals surface area contributed by atoms with Crippen LogP contribution >= 0.6 is 0 Å². The molecule has 2 heterocycles. The van der Waals surface area contributed by atoms with Crippen molar-refractivity contribution >= 4 is 0 Å². The number of ether oxygens (including phenoxy) is 1. The van der Waals surface area contributed by atoms with Crippen molar-refractivity contribution in [3.05, 3.63) is 24.0 Å². The van der Waals surface area contributed by atoms with Gasteiger partial charge in [-0.05, 0) is 38.4 Å². The van der Waals surface area contributed by atoms with Gasteiger partial charge in [0.2, 0.25) is 0 Å². The molecule has 2 N–H and O–H groups in total. The van der Waals surface area contributed by atoms with Crippen molar-refractivity contribution in [3.8, 4) is 0 Å². The van der Waals surface area contributed by atoms with Gasteiger partial charge in [-0.3, -0.25) is 0 Å². The van der Waals surface area contributed by atoms with E-state index < -0.39 is 0 Å². The second-order valence-corrected chi connectivity index (χ2v) is 3.89. The maximum absolute atomic E-state index is 5.78. The number of rotatable bonds is 4. The lowest BCUT2D eigenvalue weighted by atomic mass is 10.2. The summed E-state index contributed by atoms with van der Waals surface area (Å²) < 4.78 is 5.78. The molecule has 0 amide bonds. The van der Waals surface area contributed by atoms with Gasteiger partial charge in [0.05, 0.1) is 12.7 Å². The van der Waals surface area contributed by atoms with E-state index >= 15 is 0 Å². The molecule has 1 fully saturated rings. The first kappa shape index (κ1) is 9.74. The van der Waals surface area contributed by atoms with Crippen LogP contribution in [0.4, 0.5) is 0 Å². The number of aromatic amines is 1. The Morgan fingerprint density at radius 1 is 1.64 bits per heavy atom. The molecule has 3 nitrogen and oxygen atoms in total. The Morgan fingerprint density at radius 2 is 2.57 bits per heavy atom. The summed E-state index contributed by atoms with van der Waals surface area (Å²) in [6.07, 6.45) is 4.64. The lowest BCUT2D eigenvalue weighted by molar-refractivity contribution is 0.0502. The Hall–Kier alpha value is -0.800. The standard InChI is InChI=1S/C11H18N2O/c1-9(11-5-3-7-13-11)14-8-10-4-2-6-12-10/h3,5,7,9-10,12-13H,2,4,6,8H2,1H3. The summed E-state index contributed by atoms with van der Waals surface area (Å²) in [6.45, 7) is 4.05. The van der Waals surface area contributed by atoms with Gasteiger partial charge in [-0.15, -0.1) is 0 Å². The summed E-state index contributed by atoms with van der Waals surface area (Å²) in [5.74, 6) is 0. The monoisotopic (exact) mass is 194 g/mol. The average molecular weight is 194 g/mol. The molecule has 14 heavy (non-hydrogen) atoms. The van der Waals surface area contributed by atoms with Crippen LogP contribution in [0.15, 0.2) is 18.3 Å². The molecule has 0 spiro atoms. The Balaban J connectivity index is 1.74. The van der Waals surface area contributed by atoms with E-state index in [-0.39, 0.29) is 6.10 Å². The topological polar surface area (TPSA) is 37.0 Å². The van der Waals surface area contributed by atoms with Gasteiger partial charge in [-0.2, -0.15) is 0 Å². The maximum atomic E-state index is 5.78. The minimum absolute atomic E-state index is 0.174. The first-order valence-corrected chi connectivity index (χ1v) is 5.34.